The van der Waals surface area contributed by atoms with Crippen LogP contribution in [0.5, 0.6) is 0 Å². The predicted octanol–water partition coefficient (Wildman–Crippen LogP) is 4.19. The summed E-state index contributed by atoms with van der Waals surface area (Å²) in [6.45, 7) is 0. The molecule has 2 nitrogen and oxygen atoms in total. The first-order chi connectivity index (χ1) is 9.09. The number of hydrogen-bond donors (Lipinski definition) is 0. The Balaban J connectivity index is 2.52. The highest BCUT2D eigenvalue weighted by Crippen LogP contribution is 2.43. The van der Waals surface area contributed by atoms with Crippen LogP contribution in [-0.2, 0) is 0 Å². The third kappa shape index (κ3) is 1.85. The first-order valence-electron chi connectivity index (χ1n) is 6.38. The molecule has 0 N–H and O–H groups in total. The molecule has 98 valence electrons. The SMILES string of the molecule is CN(C)c1cccc2sc3cccc(N(C)C)c3c12. The van der Waals surface area contributed by atoms with Crippen LogP contribution in [0, 0.1) is 0 Å². The van der Waals surface area contributed by atoms with E-state index in [2.05, 4.69) is 74.4 Å². The van der Waals surface area contributed by atoms with Crippen molar-refractivity contribution in [2.45, 2.75) is 0 Å². The average Bonchev–Trinajstić information content (AvgIpc) is 2.76. The van der Waals surface area contributed by atoms with E-state index in [1.54, 1.807) is 0 Å². The van der Waals surface area contributed by atoms with Crippen LogP contribution in [-0.4, -0.2) is 28.2 Å². The van der Waals surface area contributed by atoms with Gasteiger partial charge in [-0.2, -0.15) is 0 Å². The number of fused-ring (bicyclic) bond motifs is 3. The zero-order chi connectivity index (χ0) is 13.6. The Morgan fingerprint density at radius 3 is 1.47 bits per heavy atom. The van der Waals surface area contributed by atoms with Gasteiger partial charge in [-0.1, -0.05) is 12.1 Å². The van der Waals surface area contributed by atoms with Gasteiger partial charge in [0.05, 0.1) is 0 Å². The zero-order valence-electron chi connectivity index (χ0n) is 11.8. The molecular weight excluding hydrogens is 252 g/mol. The number of nitrogens with zero attached hydrogens (tertiary/aromatic N) is 2. The summed E-state index contributed by atoms with van der Waals surface area (Å²) < 4.78 is 2.71. The van der Waals surface area contributed by atoms with Gasteiger partial charge in [0.2, 0.25) is 0 Å². The average molecular weight is 270 g/mol. The molecule has 19 heavy (non-hydrogen) atoms. The molecule has 0 saturated carbocycles. The van der Waals surface area contributed by atoms with Gasteiger partial charge in [0, 0.05) is 59.7 Å². The Hall–Kier alpha value is -1.74. The normalized spacial score (nSPS) is 11.2. The highest BCUT2D eigenvalue weighted by molar-refractivity contribution is 7.26. The van der Waals surface area contributed by atoms with E-state index in [0.29, 0.717) is 0 Å². The number of rotatable bonds is 2. The molecule has 0 amide bonds. The molecular formula is C16H18N2S. The maximum atomic E-state index is 2.21. The van der Waals surface area contributed by atoms with E-state index >= 15 is 0 Å². The number of thiophene rings is 1. The third-order valence-electron chi connectivity index (χ3n) is 3.44. The number of hydrogen-bond acceptors (Lipinski definition) is 3. The topological polar surface area (TPSA) is 6.48 Å². The molecule has 0 spiro atoms. The van der Waals surface area contributed by atoms with E-state index in [9.17, 15) is 0 Å². The van der Waals surface area contributed by atoms with E-state index in [1.165, 1.54) is 31.5 Å². The molecule has 0 aliphatic heterocycles. The van der Waals surface area contributed by atoms with E-state index in [-0.39, 0.29) is 0 Å². The van der Waals surface area contributed by atoms with E-state index in [0.717, 1.165) is 0 Å². The Morgan fingerprint density at radius 1 is 0.684 bits per heavy atom. The lowest BCUT2D eigenvalue weighted by molar-refractivity contribution is 1.14. The molecule has 0 unspecified atom stereocenters. The van der Waals surface area contributed by atoms with Crippen molar-refractivity contribution >= 4 is 42.9 Å². The monoisotopic (exact) mass is 270 g/mol. The quantitative estimate of drug-likeness (QED) is 0.689. The van der Waals surface area contributed by atoms with E-state index < -0.39 is 0 Å². The Labute approximate surface area is 117 Å². The molecule has 3 aromatic rings. The van der Waals surface area contributed by atoms with Gasteiger partial charge < -0.3 is 9.80 Å². The smallest absolute Gasteiger partial charge is 0.0456 e. The summed E-state index contributed by atoms with van der Waals surface area (Å²) in [5.74, 6) is 0. The van der Waals surface area contributed by atoms with Crippen molar-refractivity contribution < 1.29 is 0 Å². The van der Waals surface area contributed by atoms with Gasteiger partial charge in [0.1, 0.15) is 0 Å². The van der Waals surface area contributed by atoms with Crippen molar-refractivity contribution in [2.75, 3.05) is 38.0 Å². The maximum Gasteiger partial charge on any atom is 0.0456 e. The van der Waals surface area contributed by atoms with Crippen LogP contribution in [0.2, 0.25) is 0 Å². The van der Waals surface area contributed by atoms with Gasteiger partial charge in [0.15, 0.2) is 0 Å². The van der Waals surface area contributed by atoms with Gasteiger partial charge >= 0.3 is 0 Å². The fourth-order valence-corrected chi connectivity index (χ4v) is 3.72. The lowest BCUT2D eigenvalue weighted by Crippen LogP contribution is -2.10. The Bertz CT molecular complexity index is 679. The molecule has 2 aromatic carbocycles. The largest absolute Gasteiger partial charge is 0.377 e. The minimum Gasteiger partial charge on any atom is -0.377 e. The molecule has 1 heterocycles. The van der Waals surface area contributed by atoms with Crippen LogP contribution in [0.15, 0.2) is 36.4 Å². The number of anilines is 2. The Kier molecular flexibility index (Phi) is 2.86. The molecule has 0 bridgehead atoms. The molecule has 0 aliphatic rings. The van der Waals surface area contributed by atoms with Crippen molar-refractivity contribution in [2.24, 2.45) is 0 Å². The highest BCUT2D eigenvalue weighted by Gasteiger charge is 2.14. The van der Waals surface area contributed by atoms with E-state index in [1.807, 2.05) is 11.3 Å². The summed E-state index contributed by atoms with van der Waals surface area (Å²) in [5.41, 5.74) is 2.58. The first-order valence-corrected chi connectivity index (χ1v) is 7.20. The fraction of sp³-hybridized carbons (Fsp3) is 0.250. The van der Waals surface area contributed by atoms with Crippen molar-refractivity contribution in [3.63, 3.8) is 0 Å². The molecule has 0 fully saturated rings. The molecule has 3 heteroatoms. The molecule has 0 aliphatic carbocycles. The first kappa shape index (κ1) is 12.3. The molecule has 0 atom stereocenters. The van der Waals surface area contributed by atoms with Gasteiger partial charge in [-0.25, -0.2) is 0 Å². The standard InChI is InChI=1S/C16H18N2S/c1-17(2)11-7-5-9-13-15(11)16-12(18(3)4)8-6-10-14(16)19-13/h5-10H,1-4H3. The molecule has 1 aromatic heterocycles. The lowest BCUT2D eigenvalue weighted by Gasteiger charge is -2.17. The summed E-state index contributed by atoms with van der Waals surface area (Å²) in [6, 6.07) is 13.1. The second kappa shape index (κ2) is 4.42. The van der Waals surface area contributed by atoms with Gasteiger partial charge in [-0.3, -0.25) is 0 Å². The summed E-state index contributed by atoms with van der Waals surface area (Å²) in [6.07, 6.45) is 0. The van der Waals surface area contributed by atoms with Crippen molar-refractivity contribution in [1.82, 2.24) is 0 Å². The molecule has 3 rings (SSSR count). The van der Waals surface area contributed by atoms with Crippen molar-refractivity contribution in [3.8, 4) is 0 Å². The predicted molar refractivity (Wildman–Crippen MR) is 88.0 cm³/mol. The van der Waals surface area contributed by atoms with E-state index in [4.69, 9.17) is 0 Å². The fourth-order valence-electron chi connectivity index (χ4n) is 2.58. The zero-order valence-corrected chi connectivity index (χ0v) is 12.6. The third-order valence-corrected chi connectivity index (χ3v) is 4.56. The number of benzene rings is 2. The maximum absolute atomic E-state index is 2.21. The van der Waals surface area contributed by atoms with Crippen LogP contribution >= 0.6 is 11.3 Å². The van der Waals surface area contributed by atoms with Gasteiger partial charge in [0.25, 0.3) is 0 Å². The van der Waals surface area contributed by atoms with Crippen LogP contribution < -0.4 is 9.80 Å². The van der Waals surface area contributed by atoms with Gasteiger partial charge in [-0.05, 0) is 24.3 Å². The van der Waals surface area contributed by atoms with Crippen molar-refractivity contribution in [1.29, 1.82) is 0 Å². The minimum atomic E-state index is 1.29. The molecule has 0 saturated heterocycles. The highest BCUT2D eigenvalue weighted by atomic mass is 32.1. The van der Waals surface area contributed by atoms with Crippen molar-refractivity contribution in [3.05, 3.63) is 36.4 Å². The van der Waals surface area contributed by atoms with Crippen LogP contribution in [0.3, 0.4) is 0 Å². The summed E-state index contributed by atoms with van der Waals surface area (Å²) in [5, 5.41) is 2.74. The summed E-state index contributed by atoms with van der Waals surface area (Å²) >= 11 is 1.87. The van der Waals surface area contributed by atoms with Crippen LogP contribution in [0.4, 0.5) is 11.4 Å². The van der Waals surface area contributed by atoms with Gasteiger partial charge in [-0.15, -0.1) is 11.3 Å². The summed E-state index contributed by atoms with van der Waals surface area (Å²) in [7, 11) is 8.43. The second-order valence-corrected chi connectivity index (χ2v) is 6.28. The van der Waals surface area contributed by atoms with Crippen LogP contribution in [0.25, 0.3) is 20.2 Å². The minimum absolute atomic E-state index is 1.29. The van der Waals surface area contributed by atoms with Crippen LogP contribution in [0.1, 0.15) is 0 Å². The Morgan fingerprint density at radius 2 is 1.11 bits per heavy atom. The second-order valence-electron chi connectivity index (χ2n) is 5.19. The molecule has 0 radical (unpaired) electrons. The summed E-state index contributed by atoms with van der Waals surface area (Å²) in [4.78, 5) is 4.39. The lowest BCUT2D eigenvalue weighted by atomic mass is 10.1.